The summed E-state index contributed by atoms with van der Waals surface area (Å²) in [6.45, 7) is 2.59. The third kappa shape index (κ3) is 3.20. The third-order valence-corrected chi connectivity index (χ3v) is 3.86. The molecule has 1 aliphatic heterocycles. The number of carbonyl (C=O) groups is 2. The van der Waals surface area contributed by atoms with E-state index in [9.17, 15) is 9.59 Å². The second kappa shape index (κ2) is 6.23. The number of carbonyl (C=O) groups excluding carboxylic acids is 1. The van der Waals surface area contributed by atoms with Crippen LogP contribution in [0.15, 0.2) is 0 Å². The van der Waals surface area contributed by atoms with Gasteiger partial charge in [-0.15, -0.1) is 0 Å². The Balaban J connectivity index is 2.64. The Morgan fingerprint density at radius 1 is 1.69 bits per heavy atom. The molecule has 16 heavy (non-hydrogen) atoms. The van der Waals surface area contributed by atoms with Crippen LogP contribution in [-0.4, -0.2) is 39.8 Å². The van der Waals surface area contributed by atoms with Crippen molar-refractivity contribution >= 4 is 27.8 Å². The van der Waals surface area contributed by atoms with Crippen molar-refractivity contribution in [3.8, 4) is 0 Å². The molecule has 5 heteroatoms. The molecule has 2 atom stereocenters. The number of nitrogens with zero attached hydrogens (tertiary/aromatic N) is 1. The number of aliphatic carboxylic acids is 1. The van der Waals surface area contributed by atoms with Gasteiger partial charge in [0.1, 0.15) is 6.04 Å². The van der Waals surface area contributed by atoms with Crippen molar-refractivity contribution < 1.29 is 14.7 Å². The molecule has 0 aromatic rings. The second-order valence-electron chi connectivity index (χ2n) is 4.27. The number of hydrogen-bond donors (Lipinski definition) is 1. The monoisotopic (exact) mass is 291 g/mol. The van der Waals surface area contributed by atoms with E-state index in [1.165, 1.54) is 4.90 Å². The first-order valence-corrected chi connectivity index (χ1v) is 6.80. The van der Waals surface area contributed by atoms with Crippen LogP contribution in [0.4, 0.5) is 0 Å². The van der Waals surface area contributed by atoms with E-state index in [2.05, 4.69) is 15.9 Å². The van der Waals surface area contributed by atoms with Crippen LogP contribution < -0.4 is 0 Å². The molecule has 1 saturated heterocycles. The van der Waals surface area contributed by atoms with Crippen molar-refractivity contribution in [2.45, 2.75) is 38.6 Å². The fourth-order valence-corrected chi connectivity index (χ4v) is 2.46. The van der Waals surface area contributed by atoms with Gasteiger partial charge >= 0.3 is 5.97 Å². The van der Waals surface area contributed by atoms with Gasteiger partial charge in [0.15, 0.2) is 0 Å². The molecule has 0 radical (unpaired) electrons. The molecule has 1 rings (SSSR count). The highest BCUT2D eigenvalue weighted by Gasteiger charge is 2.36. The standard InChI is InChI=1S/C11H18BrNO3/c1-2-3-4-9(11(15)16)13-7-8(6-12)5-10(13)14/h8-9H,2-7H2,1H3,(H,15,16)/t8?,9-/m0/s1. The number of halogens is 1. The number of likely N-dealkylation sites (tertiary alicyclic amines) is 1. The normalized spacial score (nSPS) is 22.5. The van der Waals surface area contributed by atoms with E-state index in [4.69, 9.17) is 5.11 Å². The SMILES string of the molecule is CCCC[C@@H](C(=O)O)N1CC(CBr)CC1=O. The van der Waals surface area contributed by atoms with E-state index in [1.807, 2.05) is 6.92 Å². The molecule has 1 fully saturated rings. The van der Waals surface area contributed by atoms with Gasteiger partial charge in [-0.1, -0.05) is 35.7 Å². The van der Waals surface area contributed by atoms with E-state index in [1.54, 1.807) is 0 Å². The molecule has 1 aliphatic rings. The Kier molecular flexibility index (Phi) is 5.25. The van der Waals surface area contributed by atoms with Crippen molar-refractivity contribution in [3.63, 3.8) is 0 Å². The maximum Gasteiger partial charge on any atom is 0.326 e. The van der Waals surface area contributed by atoms with Gasteiger partial charge in [-0.2, -0.15) is 0 Å². The second-order valence-corrected chi connectivity index (χ2v) is 4.91. The summed E-state index contributed by atoms with van der Waals surface area (Å²) in [7, 11) is 0. The summed E-state index contributed by atoms with van der Waals surface area (Å²) in [5.74, 6) is -0.638. The number of unbranched alkanes of at least 4 members (excludes halogenated alkanes) is 1. The first-order chi connectivity index (χ1) is 7.60. The van der Waals surface area contributed by atoms with E-state index < -0.39 is 12.0 Å². The largest absolute Gasteiger partial charge is 0.480 e. The lowest BCUT2D eigenvalue weighted by atomic mass is 10.1. The van der Waals surface area contributed by atoms with Crippen molar-refractivity contribution in [1.29, 1.82) is 0 Å². The van der Waals surface area contributed by atoms with E-state index in [0.29, 0.717) is 19.4 Å². The summed E-state index contributed by atoms with van der Waals surface area (Å²) in [4.78, 5) is 24.4. The highest BCUT2D eigenvalue weighted by molar-refractivity contribution is 9.09. The lowest BCUT2D eigenvalue weighted by Gasteiger charge is -2.24. The Morgan fingerprint density at radius 2 is 2.38 bits per heavy atom. The predicted molar refractivity (Wildman–Crippen MR) is 64.6 cm³/mol. The summed E-state index contributed by atoms with van der Waals surface area (Å²) < 4.78 is 0. The number of hydrogen-bond acceptors (Lipinski definition) is 2. The minimum absolute atomic E-state index is 0.0204. The van der Waals surface area contributed by atoms with Crippen LogP contribution in [0.25, 0.3) is 0 Å². The van der Waals surface area contributed by atoms with Gasteiger partial charge < -0.3 is 10.0 Å². The molecule has 92 valence electrons. The van der Waals surface area contributed by atoms with Crippen LogP contribution in [-0.2, 0) is 9.59 Å². The van der Waals surface area contributed by atoms with Gasteiger partial charge in [-0.05, 0) is 12.3 Å². The lowest BCUT2D eigenvalue weighted by molar-refractivity contribution is -0.148. The number of carboxylic acid groups (broad SMARTS) is 1. The van der Waals surface area contributed by atoms with Gasteiger partial charge in [-0.3, -0.25) is 4.79 Å². The van der Waals surface area contributed by atoms with Crippen LogP contribution in [0.3, 0.4) is 0 Å². The number of rotatable bonds is 6. The fraction of sp³-hybridized carbons (Fsp3) is 0.818. The predicted octanol–water partition coefficient (Wildman–Crippen LogP) is 1.87. The summed E-state index contributed by atoms with van der Waals surface area (Å²) in [5.41, 5.74) is 0. The zero-order chi connectivity index (χ0) is 12.1. The minimum atomic E-state index is -0.878. The molecule has 1 N–H and O–H groups in total. The molecule has 1 unspecified atom stereocenters. The maximum absolute atomic E-state index is 11.7. The van der Waals surface area contributed by atoms with Crippen molar-refractivity contribution in [1.82, 2.24) is 4.90 Å². The fourth-order valence-electron chi connectivity index (χ4n) is 2.02. The van der Waals surface area contributed by atoms with Crippen LogP contribution in [0.1, 0.15) is 32.6 Å². The topological polar surface area (TPSA) is 57.6 Å². The molecule has 1 amide bonds. The molecule has 0 aromatic carbocycles. The first kappa shape index (κ1) is 13.5. The van der Waals surface area contributed by atoms with E-state index in [0.717, 1.165) is 18.2 Å². The minimum Gasteiger partial charge on any atom is -0.480 e. The van der Waals surface area contributed by atoms with Crippen molar-refractivity contribution in [2.75, 3.05) is 11.9 Å². The zero-order valence-electron chi connectivity index (χ0n) is 9.49. The van der Waals surface area contributed by atoms with Gasteiger partial charge in [-0.25, -0.2) is 4.79 Å². The Morgan fingerprint density at radius 3 is 2.81 bits per heavy atom. The highest BCUT2D eigenvalue weighted by atomic mass is 79.9. The maximum atomic E-state index is 11.7. The van der Waals surface area contributed by atoms with Crippen molar-refractivity contribution in [2.24, 2.45) is 5.92 Å². The molecule has 0 aromatic heterocycles. The molecular formula is C11H18BrNO3. The van der Waals surface area contributed by atoms with Crippen LogP contribution >= 0.6 is 15.9 Å². The van der Waals surface area contributed by atoms with Crippen molar-refractivity contribution in [3.05, 3.63) is 0 Å². The van der Waals surface area contributed by atoms with Gasteiger partial charge in [0.2, 0.25) is 5.91 Å². The Labute approximate surface area is 104 Å². The van der Waals surface area contributed by atoms with Crippen LogP contribution in [0.2, 0.25) is 0 Å². The number of alkyl halides is 1. The first-order valence-electron chi connectivity index (χ1n) is 5.68. The number of carboxylic acids is 1. The third-order valence-electron chi connectivity index (χ3n) is 2.95. The molecule has 1 heterocycles. The van der Waals surface area contributed by atoms with Crippen LogP contribution in [0.5, 0.6) is 0 Å². The average Bonchev–Trinajstić information content (AvgIpc) is 2.60. The Bertz CT molecular complexity index is 270. The van der Waals surface area contributed by atoms with E-state index in [-0.39, 0.29) is 11.8 Å². The summed E-state index contributed by atoms with van der Waals surface area (Å²) in [6.07, 6.45) is 2.83. The van der Waals surface area contributed by atoms with E-state index >= 15 is 0 Å². The highest BCUT2D eigenvalue weighted by Crippen LogP contribution is 2.23. The zero-order valence-corrected chi connectivity index (χ0v) is 11.1. The number of amides is 1. The Hall–Kier alpha value is -0.580. The smallest absolute Gasteiger partial charge is 0.326 e. The van der Waals surface area contributed by atoms with Gasteiger partial charge in [0, 0.05) is 18.3 Å². The van der Waals surface area contributed by atoms with Gasteiger partial charge in [0.05, 0.1) is 0 Å². The molecule has 4 nitrogen and oxygen atoms in total. The molecule has 0 aliphatic carbocycles. The quantitative estimate of drug-likeness (QED) is 0.760. The molecule has 0 bridgehead atoms. The molecular weight excluding hydrogens is 274 g/mol. The summed E-state index contributed by atoms with van der Waals surface area (Å²) in [5, 5.41) is 9.89. The molecule has 0 saturated carbocycles. The summed E-state index contributed by atoms with van der Waals surface area (Å²) in [6, 6.07) is -0.628. The lowest BCUT2D eigenvalue weighted by Crippen LogP contribution is -2.42. The van der Waals surface area contributed by atoms with Gasteiger partial charge in [0.25, 0.3) is 0 Å². The van der Waals surface area contributed by atoms with Crippen LogP contribution in [0, 0.1) is 5.92 Å². The average molecular weight is 292 g/mol. The molecule has 0 spiro atoms. The summed E-state index contributed by atoms with van der Waals surface area (Å²) >= 11 is 3.34.